The van der Waals surface area contributed by atoms with Crippen molar-refractivity contribution in [3.63, 3.8) is 0 Å². The Morgan fingerprint density at radius 3 is 2.21 bits per heavy atom. The molecule has 42 heavy (non-hydrogen) atoms. The SMILES string of the molecule is O=C(N/N=C\C12c3ccccc3C(c3ccccc31)[C@@H]1C(=O)N(c3ccccc3Cl)C(=O)[C@H]12)c1cccc([N+](=O)[O-])c1. The quantitative estimate of drug-likeness (QED) is 0.151. The van der Waals surface area contributed by atoms with E-state index in [0.717, 1.165) is 28.3 Å². The normalized spacial score (nSPS) is 23.5. The molecule has 4 aromatic carbocycles. The van der Waals surface area contributed by atoms with E-state index >= 15 is 0 Å². The first-order valence-corrected chi connectivity index (χ1v) is 13.6. The number of hydrogen-bond acceptors (Lipinski definition) is 6. The first-order chi connectivity index (χ1) is 20.3. The average molecular weight is 577 g/mol. The van der Waals surface area contributed by atoms with E-state index in [1.54, 1.807) is 24.3 Å². The predicted octanol–water partition coefficient (Wildman–Crippen LogP) is 5.21. The number of carbonyl (C=O) groups excluding carboxylic acids is 3. The van der Waals surface area contributed by atoms with Crippen LogP contribution in [0.2, 0.25) is 5.02 Å². The van der Waals surface area contributed by atoms with Crippen LogP contribution in [0, 0.1) is 22.0 Å². The minimum Gasteiger partial charge on any atom is -0.274 e. The molecule has 0 aromatic heterocycles. The first-order valence-electron chi connectivity index (χ1n) is 13.2. The third-order valence-electron chi connectivity index (χ3n) is 8.53. The first kappa shape index (κ1) is 25.8. The van der Waals surface area contributed by atoms with Crippen LogP contribution in [0.25, 0.3) is 0 Å². The monoisotopic (exact) mass is 576 g/mol. The van der Waals surface area contributed by atoms with Crippen LogP contribution < -0.4 is 10.3 Å². The molecule has 4 aromatic rings. The Labute approximate surface area is 244 Å². The second-order valence-electron chi connectivity index (χ2n) is 10.5. The predicted molar refractivity (Wildman–Crippen MR) is 155 cm³/mol. The number of benzene rings is 4. The van der Waals surface area contributed by atoms with Crippen molar-refractivity contribution < 1.29 is 19.3 Å². The highest BCUT2D eigenvalue weighted by Gasteiger charge is 2.68. The van der Waals surface area contributed by atoms with E-state index in [0.29, 0.717) is 5.69 Å². The summed E-state index contributed by atoms with van der Waals surface area (Å²) in [4.78, 5) is 53.3. The lowest BCUT2D eigenvalue weighted by Crippen LogP contribution is -2.54. The molecule has 0 unspecified atom stereocenters. The molecule has 206 valence electrons. The van der Waals surface area contributed by atoms with E-state index in [4.69, 9.17) is 11.6 Å². The van der Waals surface area contributed by atoms with Gasteiger partial charge in [0.25, 0.3) is 11.6 Å². The minimum absolute atomic E-state index is 0.0573. The van der Waals surface area contributed by atoms with E-state index in [-0.39, 0.29) is 28.1 Å². The maximum atomic E-state index is 14.4. The fourth-order valence-electron chi connectivity index (χ4n) is 6.94. The minimum atomic E-state index is -1.19. The van der Waals surface area contributed by atoms with Crippen LogP contribution in [0.15, 0.2) is 102 Å². The Hall–Kier alpha value is -5.15. The average Bonchev–Trinajstić information content (AvgIpc) is 3.28. The summed E-state index contributed by atoms with van der Waals surface area (Å²) in [6, 6.07) is 27.4. The van der Waals surface area contributed by atoms with Gasteiger partial charge in [-0.3, -0.25) is 24.5 Å². The van der Waals surface area contributed by atoms with Crippen molar-refractivity contribution in [3.8, 4) is 0 Å². The maximum absolute atomic E-state index is 14.4. The van der Waals surface area contributed by atoms with Gasteiger partial charge < -0.3 is 0 Å². The van der Waals surface area contributed by atoms with Crippen molar-refractivity contribution in [2.75, 3.05) is 4.90 Å². The van der Waals surface area contributed by atoms with Gasteiger partial charge in [-0.1, -0.05) is 78.3 Å². The molecule has 2 atom stereocenters. The number of carbonyl (C=O) groups is 3. The summed E-state index contributed by atoms with van der Waals surface area (Å²) >= 11 is 6.48. The molecule has 1 aliphatic heterocycles. The van der Waals surface area contributed by atoms with Gasteiger partial charge in [0.05, 0.1) is 32.9 Å². The van der Waals surface area contributed by atoms with Gasteiger partial charge in [-0.2, -0.15) is 5.10 Å². The van der Waals surface area contributed by atoms with Crippen LogP contribution in [0.5, 0.6) is 0 Å². The number of hydrogen-bond donors (Lipinski definition) is 1. The van der Waals surface area contributed by atoms with Gasteiger partial charge in [-0.05, 0) is 40.5 Å². The smallest absolute Gasteiger partial charge is 0.271 e. The summed E-state index contributed by atoms with van der Waals surface area (Å²) in [5, 5.41) is 15.8. The molecule has 10 heteroatoms. The standard InChI is InChI=1S/C32H21ClN4O5/c33-24-14-5-6-15-25(24)36-30(39)27-26-20-10-1-3-12-22(20)32(28(27)31(36)40,23-13-4-2-11-21(23)26)17-34-35-29(38)18-8-7-9-19(16-18)37(41)42/h1-17,26-28H,(H,35,38)/b34-17-/t26?,27-,28-,32?/m0/s1. The van der Waals surface area contributed by atoms with Crippen molar-refractivity contribution in [2.45, 2.75) is 11.3 Å². The summed E-state index contributed by atoms with van der Waals surface area (Å²) in [7, 11) is 0. The molecule has 1 heterocycles. The van der Waals surface area contributed by atoms with Gasteiger partial charge >= 0.3 is 0 Å². The van der Waals surface area contributed by atoms with Crippen LogP contribution in [0.3, 0.4) is 0 Å². The van der Waals surface area contributed by atoms with Gasteiger partial charge in [0.1, 0.15) is 0 Å². The van der Waals surface area contributed by atoms with Gasteiger partial charge in [0, 0.05) is 29.8 Å². The molecule has 0 spiro atoms. The molecule has 3 aliphatic carbocycles. The van der Waals surface area contributed by atoms with Crippen molar-refractivity contribution >= 4 is 46.9 Å². The second-order valence-corrected chi connectivity index (χ2v) is 10.9. The highest BCUT2D eigenvalue weighted by Crippen LogP contribution is 2.63. The number of imide groups is 1. The number of nitro groups is 1. The number of nitro benzene ring substituents is 1. The summed E-state index contributed by atoms with van der Waals surface area (Å²) in [5.74, 6) is -3.33. The van der Waals surface area contributed by atoms with E-state index < -0.39 is 34.0 Å². The highest BCUT2D eigenvalue weighted by atomic mass is 35.5. The van der Waals surface area contributed by atoms with Crippen LogP contribution in [-0.4, -0.2) is 28.9 Å². The Morgan fingerprint density at radius 1 is 0.905 bits per heavy atom. The molecular formula is C32H21ClN4O5. The fourth-order valence-corrected chi connectivity index (χ4v) is 7.16. The molecule has 1 fully saturated rings. The zero-order chi connectivity index (χ0) is 29.2. The molecule has 2 bridgehead atoms. The number of nitrogens with one attached hydrogen (secondary N) is 1. The molecule has 4 aliphatic rings. The van der Waals surface area contributed by atoms with Gasteiger partial charge in [-0.15, -0.1) is 0 Å². The molecule has 0 radical (unpaired) electrons. The summed E-state index contributed by atoms with van der Waals surface area (Å²) in [6.07, 6.45) is 1.54. The van der Waals surface area contributed by atoms with Gasteiger partial charge in [-0.25, -0.2) is 10.3 Å². The van der Waals surface area contributed by atoms with Crippen LogP contribution in [-0.2, 0) is 15.0 Å². The topological polar surface area (TPSA) is 122 Å². The van der Waals surface area contributed by atoms with Crippen molar-refractivity contribution in [1.82, 2.24) is 5.43 Å². The Kier molecular flexibility index (Phi) is 5.81. The van der Waals surface area contributed by atoms with E-state index in [1.807, 2.05) is 48.5 Å². The highest BCUT2D eigenvalue weighted by molar-refractivity contribution is 6.36. The largest absolute Gasteiger partial charge is 0.274 e. The fraction of sp³-hybridized carbons (Fsp3) is 0.125. The zero-order valence-corrected chi connectivity index (χ0v) is 22.6. The number of rotatable bonds is 5. The molecule has 0 saturated carbocycles. The third-order valence-corrected chi connectivity index (χ3v) is 8.85. The number of non-ortho nitro benzene ring substituents is 1. The van der Waals surface area contributed by atoms with Crippen LogP contribution in [0.1, 0.15) is 38.5 Å². The number of amides is 3. The molecule has 8 rings (SSSR count). The van der Waals surface area contributed by atoms with Crippen molar-refractivity contribution in [3.05, 3.63) is 140 Å². The molecule has 9 nitrogen and oxygen atoms in total. The maximum Gasteiger partial charge on any atom is 0.271 e. The molecule has 3 amide bonds. The molecule has 1 N–H and O–H groups in total. The Bertz CT molecular complexity index is 1820. The van der Waals surface area contributed by atoms with Gasteiger partial charge in [0.2, 0.25) is 11.8 Å². The number of nitrogens with zero attached hydrogens (tertiary/aromatic N) is 3. The van der Waals surface area contributed by atoms with Crippen molar-refractivity contribution in [1.29, 1.82) is 0 Å². The van der Waals surface area contributed by atoms with Crippen LogP contribution >= 0.6 is 11.6 Å². The number of hydrazone groups is 1. The Morgan fingerprint density at radius 2 is 1.55 bits per heavy atom. The van der Waals surface area contributed by atoms with Crippen LogP contribution in [0.4, 0.5) is 11.4 Å². The lowest BCUT2D eigenvalue weighted by atomic mass is 9.47. The molecule has 1 saturated heterocycles. The second kappa shape index (κ2) is 9.46. The summed E-state index contributed by atoms with van der Waals surface area (Å²) in [5.41, 5.74) is 4.92. The Balaban J connectivity index is 1.38. The van der Waals surface area contributed by atoms with E-state index in [9.17, 15) is 24.5 Å². The number of halogens is 1. The number of para-hydroxylation sites is 1. The van der Waals surface area contributed by atoms with E-state index in [2.05, 4.69) is 10.5 Å². The third kappa shape index (κ3) is 3.50. The summed E-state index contributed by atoms with van der Waals surface area (Å²) in [6.45, 7) is 0. The summed E-state index contributed by atoms with van der Waals surface area (Å²) < 4.78 is 0. The zero-order valence-electron chi connectivity index (χ0n) is 21.8. The molecular weight excluding hydrogens is 556 g/mol. The van der Waals surface area contributed by atoms with Crippen molar-refractivity contribution in [2.24, 2.45) is 16.9 Å². The van der Waals surface area contributed by atoms with E-state index in [1.165, 1.54) is 29.3 Å². The lowest BCUT2D eigenvalue weighted by Gasteiger charge is -2.52. The van der Waals surface area contributed by atoms with Gasteiger partial charge in [0.15, 0.2) is 0 Å². The number of anilines is 1. The lowest BCUT2D eigenvalue weighted by molar-refractivity contribution is -0.384.